The van der Waals surface area contributed by atoms with E-state index in [-0.39, 0.29) is 30.0 Å². The monoisotopic (exact) mass is 356 g/mol. The Balaban J connectivity index is 2.03. The Bertz CT molecular complexity index is 569. The van der Waals surface area contributed by atoms with Crippen LogP contribution >= 0.6 is 0 Å². The highest BCUT2D eigenvalue weighted by Gasteiger charge is 2.31. The SMILES string of the molecule is CCCOc1ccc(CNC(=O)[C@@H]2CCC[C@@H]2CN)c(OC(F)F)c1. The van der Waals surface area contributed by atoms with E-state index in [0.29, 0.717) is 24.5 Å². The maximum Gasteiger partial charge on any atom is 0.387 e. The van der Waals surface area contributed by atoms with E-state index in [1.807, 2.05) is 6.92 Å². The summed E-state index contributed by atoms with van der Waals surface area (Å²) in [5.74, 6) is 0.498. The zero-order valence-corrected chi connectivity index (χ0v) is 14.5. The van der Waals surface area contributed by atoms with Crippen molar-refractivity contribution in [1.29, 1.82) is 0 Å². The van der Waals surface area contributed by atoms with Crippen LogP contribution in [-0.2, 0) is 11.3 Å². The first-order chi connectivity index (χ1) is 12.0. The summed E-state index contributed by atoms with van der Waals surface area (Å²) >= 11 is 0. The predicted octanol–water partition coefficient (Wildman–Crippen LogP) is 3.07. The lowest BCUT2D eigenvalue weighted by Crippen LogP contribution is -2.34. The van der Waals surface area contributed by atoms with E-state index in [0.717, 1.165) is 25.7 Å². The summed E-state index contributed by atoms with van der Waals surface area (Å²) in [5.41, 5.74) is 6.19. The third kappa shape index (κ3) is 5.56. The van der Waals surface area contributed by atoms with Crippen LogP contribution in [0, 0.1) is 11.8 Å². The van der Waals surface area contributed by atoms with Gasteiger partial charge in [-0.2, -0.15) is 8.78 Å². The van der Waals surface area contributed by atoms with Gasteiger partial charge in [0.1, 0.15) is 11.5 Å². The van der Waals surface area contributed by atoms with E-state index in [1.54, 1.807) is 12.1 Å². The van der Waals surface area contributed by atoms with Crippen molar-refractivity contribution in [2.24, 2.45) is 17.6 Å². The zero-order chi connectivity index (χ0) is 18.2. The molecule has 7 heteroatoms. The maximum atomic E-state index is 12.7. The normalized spacial score (nSPS) is 19.9. The lowest BCUT2D eigenvalue weighted by atomic mass is 9.95. The largest absolute Gasteiger partial charge is 0.493 e. The first kappa shape index (κ1) is 19.4. The molecule has 0 aromatic heterocycles. The minimum Gasteiger partial charge on any atom is -0.493 e. The summed E-state index contributed by atoms with van der Waals surface area (Å²) in [6.45, 7) is 0.126. The molecule has 1 saturated carbocycles. The Kier molecular flexibility index (Phi) is 7.43. The van der Waals surface area contributed by atoms with Crippen LogP contribution in [0.1, 0.15) is 38.2 Å². The molecule has 0 spiro atoms. The standard InChI is InChI=1S/C18H26F2N2O3/c1-2-8-24-14-7-6-13(16(9-14)25-18(19)20)11-22-17(23)15-5-3-4-12(15)10-21/h6-7,9,12,15,18H,2-5,8,10-11,21H2,1H3,(H,22,23)/t12-,15-/m1/s1. The van der Waals surface area contributed by atoms with E-state index in [4.69, 9.17) is 10.5 Å². The molecule has 0 saturated heterocycles. The number of hydrogen-bond acceptors (Lipinski definition) is 4. The van der Waals surface area contributed by atoms with Gasteiger partial charge < -0.3 is 20.5 Å². The van der Waals surface area contributed by atoms with E-state index < -0.39 is 6.61 Å². The number of carbonyl (C=O) groups is 1. The van der Waals surface area contributed by atoms with Crippen LogP contribution in [0.3, 0.4) is 0 Å². The molecule has 25 heavy (non-hydrogen) atoms. The molecular weight excluding hydrogens is 330 g/mol. The van der Waals surface area contributed by atoms with E-state index >= 15 is 0 Å². The van der Waals surface area contributed by atoms with Crippen molar-refractivity contribution >= 4 is 5.91 Å². The van der Waals surface area contributed by atoms with Crippen molar-refractivity contribution in [3.8, 4) is 11.5 Å². The maximum absolute atomic E-state index is 12.7. The highest BCUT2D eigenvalue weighted by atomic mass is 19.3. The molecule has 0 unspecified atom stereocenters. The van der Waals surface area contributed by atoms with Crippen molar-refractivity contribution < 1.29 is 23.0 Å². The molecule has 2 rings (SSSR count). The fourth-order valence-corrected chi connectivity index (χ4v) is 3.17. The van der Waals surface area contributed by atoms with E-state index in [1.165, 1.54) is 6.07 Å². The van der Waals surface area contributed by atoms with Gasteiger partial charge in [-0.25, -0.2) is 0 Å². The topological polar surface area (TPSA) is 73.6 Å². The van der Waals surface area contributed by atoms with Crippen molar-refractivity contribution in [1.82, 2.24) is 5.32 Å². The lowest BCUT2D eigenvalue weighted by Gasteiger charge is -2.18. The minimum absolute atomic E-state index is 0.0192. The molecule has 5 nitrogen and oxygen atoms in total. The quantitative estimate of drug-likeness (QED) is 0.713. The van der Waals surface area contributed by atoms with Gasteiger partial charge in [-0.05, 0) is 43.9 Å². The van der Waals surface area contributed by atoms with Gasteiger partial charge in [-0.1, -0.05) is 13.3 Å². The van der Waals surface area contributed by atoms with Crippen molar-refractivity contribution in [3.63, 3.8) is 0 Å². The Morgan fingerprint density at radius 2 is 2.20 bits per heavy atom. The number of nitrogens with two attached hydrogens (primary N) is 1. The summed E-state index contributed by atoms with van der Waals surface area (Å²) in [5, 5.41) is 2.82. The molecule has 1 amide bonds. The molecule has 140 valence electrons. The smallest absolute Gasteiger partial charge is 0.387 e. The first-order valence-electron chi connectivity index (χ1n) is 8.73. The van der Waals surface area contributed by atoms with Gasteiger partial charge in [-0.3, -0.25) is 4.79 Å². The average Bonchev–Trinajstić information content (AvgIpc) is 3.07. The average molecular weight is 356 g/mol. The van der Waals surface area contributed by atoms with Crippen LogP contribution in [0.2, 0.25) is 0 Å². The lowest BCUT2D eigenvalue weighted by molar-refractivity contribution is -0.126. The summed E-state index contributed by atoms with van der Waals surface area (Å²) < 4.78 is 35.3. The second-order valence-electron chi connectivity index (χ2n) is 6.25. The number of nitrogens with one attached hydrogen (secondary N) is 1. The third-order valence-electron chi connectivity index (χ3n) is 4.48. The molecule has 3 N–H and O–H groups in total. The van der Waals surface area contributed by atoms with Crippen molar-refractivity contribution in [3.05, 3.63) is 23.8 Å². The molecule has 0 heterocycles. The molecule has 1 aromatic carbocycles. The zero-order valence-electron chi connectivity index (χ0n) is 14.5. The second-order valence-corrected chi connectivity index (χ2v) is 6.25. The van der Waals surface area contributed by atoms with Gasteiger partial charge in [0.15, 0.2) is 0 Å². The van der Waals surface area contributed by atoms with Crippen molar-refractivity contribution in [2.45, 2.75) is 45.8 Å². The van der Waals surface area contributed by atoms with Gasteiger partial charge in [0.05, 0.1) is 6.61 Å². The summed E-state index contributed by atoms with van der Waals surface area (Å²) in [6.07, 6.45) is 3.57. The summed E-state index contributed by atoms with van der Waals surface area (Å²) in [7, 11) is 0. The number of alkyl halides is 2. The van der Waals surface area contributed by atoms with Gasteiger partial charge >= 0.3 is 6.61 Å². The van der Waals surface area contributed by atoms with Gasteiger partial charge in [-0.15, -0.1) is 0 Å². The molecule has 1 aliphatic rings. The molecule has 1 fully saturated rings. The highest BCUT2D eigenvalue weighted by molar-refractivity contribution is 5.79. The molecule has 0 bridgehead atoms. The van der Waals surface area contributed by atoms with Gasteiger partial charge in [0.2, 0.25) is 5.91 Å². The molecule has 1 aliphatic carbocycles. The highest BCUT2D eigenvalue weighted by Crippen LogP contribution is 2.31. The third-order valence-corrected chi connectivity index (χ3v) is 4.48. The number of halogens is 2. The van der Waals surface area contributed by atoms with Crippen LogP contribution in [0.15, 0.2) is 18.2 Å². The molecular formula is C18H26F2N2O3. The van der Waals surface area contributed by atoms with Crippen molar-refractivity contribution in [2.75, 3.05) is 13.2 Å². The summed E-state index contributed by atoms with van der Waals surface area (Å²) in [6, 6.07) is 4.76. The minimum atomic E-state index is -2.94. The predicted molar refractivity (Wildman–Crippen MR) is 90.6 cm³/mol. The number of hydrogen-bond donors (Lipinski definition) is 2. The Morgan fingerprint density at radius 1 is 1.40 bits per heavy atom. The number of benzene rings is 1. The van der Waals surface area contributed by atoms with Crippen LogP contribution in [0.4, 0.5) is 8.78 Å². The number of rotatable bonds is 9. The summed E-state index contributed by atoms with van der Waals surface area (Å²) in [4.78, 5) is 12.3. The van der Waals surface area contributed by atoms with E-state index in [2.05, 4.69) is 10.1 Å². The van der Waals surface area contributed by atoms with Crippen LogP contribution in [-0.4, -0.2) is 25.7 Å². The Morgan fingerprint density at radius 3 is 2.88 bits per heavy atom. The van der Waals surface area contributed by atoms with Gasteiger partial charge in [0, 0.05) is 24.1 Å². The second kappa shape index (κ2) is 9.56. The van der Waals surface area contributed by atoms with Gasteiger partial charge in [0.25, 0.3) is 0 Å². The van der Waals surface area contributed by atoms with Crippen LogP contribution < -0.4 is 20.5 Å². The van der Waals surface area contributed by atoms with Crippen LogP contribution in [0.25, 0.3) is 0 Å². The Labute approximate surface area is 146 Å². The molecule has 0 radical (unpaired) electrons. The number of ether oxygens (including phenoxy) is 2. The number of amides is 1. The molecule has 0 aliphatic heterocycles. The Hall–Kier alpha value is -1.89. The van der Waals surface area contributed by atoms with E-state index in [9.17, 15) is 13.6 Å². The molecule has 1 aromatic rings. The fourth-order valence-electron chi connectivity index (χ4n) is 3.17. The fraction of sp³-hybridized carbons (Fsp3) is 0.611. The number of carbonyl (C=O) groups excluding carboxylic acids is 1. The van der Waals surface area contributed by atoms with Crippen LogP contribution in [0.5, 0.6) is 11.5 Å². The molecule has 2 atom stereocenters. The first-order valence-corrected chi connectivity index (χ1v) is 8.73.